The van der Waals surface area contributed by atoms with Crippen LogP contribution in [0.25, 0.3) is 21.7 Å². The molecule has 1 aliphatic heterocycles. The fraction of sp³-hybridized carbons (Fsp3) is 0.346. The third kappa shape index (κ3) is 5.57. The largest absolute Gasteiger partial charge is 0.497 e. The predicted molar refractivity (Wildman–Crippen MR) is 135 cm³/mol. The highest BCUT2D eigenvalue weighted by molar-refractivity contribution is 7.15. The Hall–Kier alpha value is -3.59. The van der Waals surface area contributed by atoms with Gasteiger partial charge >= 0.3 is 12.0 Å². The van der Waals surface area contributed by atoms with Crippen LogP contribution in [0.15, 0.2) is 48.5 Å². The van der Waals surface area contributed by atoms with Gasteiger partial charge in [-0.1, -0.05) is 0 Å². The molecule has 4 rings (SSSR count). The molecule has 2 aromatic carbocycles. The molecule has 1 aromatic heterocycles. The average molecular weight is 496 g/mol. The molecule has 0 unspecified atom stereocenters. The first kappa shape index (κ1) is 24.5. The number of carbonyl (C=O) groups is 2. The van der Waals surface area contributed by atoms with Crippen molar-refractivity contribution in [1.82, 2.24) is 14.9 Å². The van der Waals surface area contributed by atoms with Crippen LogP contribution < -0.4 is 9.47 Å². The SMILES string of the molecule is COc1ccc(-c2nc(C3CCN(C(=O)N(C)OC(C)=O)CC3)sc2-c2ccc(OC)cc2)cc1. The van der Waals surface area contributed by atoms with E-state index in [0.717, 1.165) is 56.1 Å². The summed E-state index contributed by atoms with van der Waals surface area (Å²) in [6.45, 7) is 2.42. The summed E-state index contributed by atoms with van der Waals surface area (Å²) in [5.74, 6) is 1.33. The molecule has 1 saturated heterocycles. The molecular formula is C26H29N3O5S. The maximum absolute atomic E-state index is 12.6. The number of carbonyl (C=O) groups excluding carboxylic acids is 2. The van der Waals surface area contributed by atoms with Crippen LogP contribution in [0.5, 0.6) is 11.5 Å². The first-order valence-electron chi connectivity index (χ1n) is 11.4. The maximum Gasteiger partial charge on any atom is 0.352 e. The summed E-state index contributed by atoms with van der Waals surface area (Å²) in [5, 5.41) is 2.05. The van der Waals surface area contributed by atoms with Crippen LogP contribution in [-0.4, -0.2) is 61.3 Å². The van der Waals surface area contributed by atoms with E-state index in [-0.39, 0.29) is 11.9 Å². The van der Waals surface area contributed by atoms with Crippen LogP contribution in [0.2, 0.25) is 0 Å². The van der Waals surface area contributed by atoms with Gasteiger partial charge in [-0.05, 0) is 66.9 Å². The van der Waals surface area contributed by atoms with Gasteiger partial charge in [0.25, 0.3) is 0 Å². The number of benzene rings is 2. The van der Waals surface area contributed by atoms with Gasteiger partial charge in [-0.2, -0.15) is 5.06 Å². The lowest BCUT2D eigenvalue weighted by Crippen LogP contribution is -2.45. The molecule has 0 radical (unpaired) electrons. The van der Waals surface area contributed by atoms with Crippen LogP contribution in [0.1, 0.15) is 30.7 Å². The quantitative estimate of drug-likeness (QED) is 0.453. The van der Waals surface area contributed by atoms with Crippen molar-refractivity contribution in [2.45, 2.75) is 25.7 Å². The minimum atomic E-state index is -0.518. The number of hydrogen-bond donors (Lipinski definition) is 0. The topological polar surface area (TPSA) is 81.2 Å². The summed E-state index contributed by atoms with van der Waals surface area (Å²) >= 11 is 1.70. The summed E-state index contributed by atoms with van der Waals surface area (Å²) in [4.78, 5) is 36.5. The second kappa shape index (κ2) is 10.8. The van der Waals surface area contributed by atoms with Crippen molar-refractivity contribution in [3.8, 4) is 33.2 Å². The van der Waals surface area contributed by atoms with Gasteiger partial charge < -0.3 is 19.2 Å². The summed E-state index contributed by atoms with van der Waals surface area (Å²) in [5.41, 5.74) is 3.04. The summed E-state index contributed by atoms with van der Waals surface area (Å²) in [6, 6.07) is 15.6. The highest BCUT2D eigenvalue weighted by atomic mass is 32.1. The van der Waals surface area contributed by atoms with Gasteiger partial charge in [0.2, 0.25) is 0 Å². The zero-order valence-electron chi connectivity index (χ0n) is 20.3. The lowest BCUT2D eigenvalue weighted by Gasteiger charge is -2.33. The van der Waals surface area contributed by atoms with Crippen LogP contribution in [0, 0.1) is 0 Å². The van der Waals surface area contributed by atoms with Gasteiger partial charge in [0.05, 0.1) is 36.8 Å². The van der Waals surface area contributed by atoms with Crippen molar-refractivity contribution in [1.29, 1.82) is 0 Å². The van der Waals surface area contributed by atoms with Gasteiger partial charge in [0, 0.05) is 31.5 Å². The van der Waals surface area contributed by atoms with Crippen molar-refractivity contribution in [2.75, 3.05) is 34.4 Å². The zero-order chi connectivity index (χ0) is 24.9. The number of amides is 2. The highest BCUT2D eigenvalue weighted by Crippen LogP contribution is 2.42. The molecule has 35 heavy (non-hydrogen) atoms. The van der Waals surface area contributed by atoms with E-state index in [4.69, 9.17) is 19.3 Å². The number of hydrogen-bond acceptors (Lipinski definition) is 7. The molecule has 9 heteroatoms. The lowest BCUT2D eigenvalue weighted by atomic mass is 9.97. The second-order valence-electron chi connectivity index (χ2n) is 8.31. The third-order valence-corrected chi connectivity index (χ3v) is 7.28. The van der Waals surface area contributed by atoms with E-state index in [2.05, 4.69) is 12.1 Å². The highest BCUT2D eigenvalue weighted by Gasteiger charge is 2.29. The van der Waals surface area contributed by atoms with Crippen LogP contribution in [-0.2, 0) is 9.63 Å². The van der Waals surface area contributed by atoms with Gasteiger partial charge in [-0.3, -0.25) is 4.79 Å². The number of urea groups is 1. The van der Waals surface area contributed by atoms with E-state index in [9.17, 15) is 9.59 Å². The fourth-order valence-corrected chi connectivity index (χ4v) is 5.41. The second-order valence-corrected chi connectivity index (χ2v) is 9.34. The van der Waals surface area contributed by atoms with Gasteiger partial charge in [0.1, 0.15) is 11.5 Å². The Morgan fingerprint density at radius 3 is 2.00 bits per heavy atom. The minimum absolute atomic E-state index is 0.243. The molecule has 0 saturated carbocycles. The van der Waals surface area contributed by atoms with E-state index in [0.29, 0.717) is 13.1 Å². The normalized spacial score (nSPS) is 13.9. The first-order chi connectivity index (χ1) is 16.9. The number of likely N-dealkylation sites (tertiary alicyclic amines) is 1. The molecule has 184 valence electrons. The van der Waals surface area contributed by atoms with Crippen LogP contribution in [0.4, 0.5) is 4.79 Å². The maximum atomic E-state index is 12.6. The Morgan fingerprint density at radius 2 is 1.49 bits per heavy atom. The van der Waals surface area contributed by atoms with E-state index in [1.807, 2.05) is 36.4 Å². The molecular weight excluding hydrogens is 466 g/mol. The Bertz CT molecular complexity index is 1100. The van der Waals surface area contributed by atoms with Crippen molar-refractivity contribution < 1.29 is 23.9 Å². The third-order valence-electron chi connectivity index (χ3n) is 6.01. The molecule has 2 amide bonds. The van der Waals surface area contributed by atoms with Crippen LogP contribution in [0.3, 0.4) is 0 Å². The molecule has 0 spiro atoms. The summed E-state index contributed by atoms with van der Waals surface area (Å²) < 4.78 is 10.6. The average Bonchev–Trinajstić information content (AvgIpc) is 3.33. The number of aromatic nitrogens is 1. The monoisotopic (exact) mass is 495 g/mol. The number of hydroxylamine groups is 2. The van der Waals surface area contributed by atoms with E-state index >= 15 is 0 Å². The number of methoxy groups -OCH3 is 2. The molecule has 3 aromatic rings. The van der Waals surface area contributed by atoms with Crippen molar-refractivity contribution in [3.63, 3.8) is 0 Å². The zero-order valence-corrected chi connectivity index (χ0v) is 21.1. The Labute approximate surface area is 209 Å². The molecule has 0 atom stereocenters. The predicted octanol–water partition coefficient (Wildman–Crippen LogP) is 5.20. The minimum Gasteiger partial charge on any atom is -0.497 e. The van der Waals surface area contributed by atoms with Crippen LogP contribution >= 0.6 is 11.3 Å². The Morgan fingerprint density at radius 1 is 0.943 bits per heavy atom. The first-order valence-corrected chi connectivity index (χ1v) is 12.2. The molecule has 2 heterocycles. The van der Waals surface area contributed by atoms with E-state index < -0.39 is 5.97 Å². The smallest absolute Gasteiger partial charge is 0.352 e. The Balaban J connectivity index is 1.58. The molecule has 0 bridgehead atoms. The lowest BCUT2D eigenvalue weighted by molar-refractivity contribution is -0.171. The van der Waals surface area contributed by atoms with E-state index in [1.165, 1.54) is 14.0 Å². The van der Waals surface area contributed by atoms with Crippen molar-refractivity contribution >= 4 is 23.3 Å². The van der Waals surface area contributed by atoms with Crippen molar-refractivity contribution in [2.24, 2.45) is 0 Å². The molecule has 1 aliphatic rings. The van der Waals surface area contributed by atoms with Gasteiger partial charge in [-0.25, -0.2) is 9.78 Å². The van der Waals surface area contributed by atoms with Gasteiger partial charge in [-0.15, -0.1) is 11.3 Å². The fourth-order valence-electron chi connectivity index (χ4n) is 4.14. The molecule has 0 N–H and O–H groups in total. The molecule has 1 fully saturated rings. The van der Waals surface area contributed by atoms with Gasteiger partial charge in [0.15, 0.2) is 0 Å². The number of piperidine rings is 1. The summed E-state index contributed by atoms with van der Waals surface area (Å²) in [6.07, 6.45) is 1.58. The number of ether oxygens (including phenoxy) is 2. The number of nitrogens with zero attached hydrogens (tertiary/aromatic N) is 3. The molecule has 8 nitrogen and oxygen atoms in total. The standard InChI is InChI=1S/C26H29N3O5S/c1-17(30)34-28(2)26(31)29-15-13-20(14-16-29)25-27-23(18-5-9-21(32-3)10-6-18)24(35-25)19-7-11-22(33-4)12-8-19/h5-12,20H,13-16H2,1-4H3. The Kier molecular flexibility index (Phi) is 7.55. The van der Waals surface area contributed by atoms with E-state index in [1.54, 1.807) is 30.5 Å². The molecule has 0 aliphatic carbocycles. The number of thiazole rings is 1. The summed E-state index contributed by atoms with van der Waals surface area (Å²) in [7, 11) is 4.77. The van der Waals surface area contributed by atoms with Crippen molar-refractivity contribution in [3.05, 3.63) is 53.5 Å². The number of rotatable bonds is 5.